The summed E-state index contributed by atoms with van der Waals surface area (Å²) in [5.74, 6) is 0.652. The summed E-state index contributed by atoms with van der Waals surface area (Å²) in [5.41, 5.74) is 3.43. The first-order valence-corrected chi connectivity index (χ1v) is 12.8. The maximum atomic E-state index is 13.6. The Hall–Kier alpha value is -3.09. The van der Waals surface area contributed by atoms with Gasteiger partial charge in [0.2, 0.25) is 11.8 Å². The van der Waals surface area contributed by atoms with Gasteiger partial charge in [-0.1, -0.05) is 78.8 Å². The van der Waals surface area contributed by atoms with Gasteiger partial charge in [0.1, 0.15) is 0 Å². The summed E-state index contributed by atoms with van der Waals surface area (Å²) in [5, 5.41) is 9.35. The minimum atomic E-state index is -0.412. The molecule has 1 aliphatic heterocycles. The van der Waals surface area contributed by atoms with Crippen LogP contribution >= 0.6 is 23.4 Å². The van der Waals surface area contributed by atoms with Crippen molar-refractivity contribution in [2.45, 2.75) is 43.4 Å². The third kappa shape index (κ3) is 4.48. The van der Waals surface area contributed by atoms with E-state index in [9.17, 15) is 4.79 Å². The first kappa shape index (κ1) is 23.6. The van der Waals surface area contributed by atoms with Crippen LogP contribution in [-0.2, 0) is 10.2 Å². The van der Waals surface area contributed by atoms with Gasteiger partial charge in [-0.05, 0) is 61.7 Å². The molecule has 7 heteroatoms. The van der Waals surface area contributed by atoms with E-state index in [0.717, 1.165) is 23.2 Å². The lowest BCUT2D eigenvalue weighted by Crippen LogP contribution is -2.56. The zero-order valence-electron chi connectivity index (χ0n) is 19.9. The first-order valence-electron chi connectivity index (χ1n) is 11.5. The van der Waals surface area contributed by atoms with Crippen LogP contribution in [-0.4, -0.2) is 27.4 Å². The van der Waals surface area contributed by atoms with Crippen LogP contribution in [0, 0.1) is 0 Å². The van der Waals surface area contributed by atoms with Gasteiger partial charge in [-0.25, -0.2) is 0 Å². The maximum absolute atomic E-state index is 13.6. The highest BCUT2D eigenvalue weighted by atomic mass is 35.5. The highest BCUT2D eigenvalue weighted by molar-refractivity contribution is 7.99. The number of carbonyl (C=O) groups excluding carboxylic acids is 1. The third-order valence-corrected chi connectivity index (χ3v) is 7.66. The average Bonchev–Trinajstić information content (AvgIpc) is 3.32. The topological polar surface area (TPSA) is 59.2 Å². The Balaban J connectivity index is 1.41. The lowest BCUT2D eigenvalue weighted by Gasteiger charge is -2.51. The summed E-state index contributed by atoms with van der Waals surface area (Å²) >= 11 is 7.43. The van der Waals surface area contributed by atoms with Crippen LogP contribution in [0.2, 0.25) is 5.02 Å². The summed E-state index contributed by atoms with van der Waals surface area (Å²) < 4.78 is 5.79. The Bertz CT molecular complexity index is 1350. The van der Waals surface area contributed by atoms with Crippen molar-refractivity contribution in [2.75, 3.05) is 10.7 Å². The minimum absolute atomic E-state index is 0.00469. The minimum Gasteiger partial charge on any atom is -0.411 e. The van der Waals surface area contributed by atoms with Crippen molar-refractivity contribution in [3.63, 3.8) is 0 Å². The molecule has 1 amide bonds. The third-order valence-electron chi connectivity index (χ3n) is 6.61. The molecule has 0 spiro atoms. The summed E-state index contributed by atoms with van der Waals surface area (Å²) in [6.45, 7) is 6.50. The van der Waals surface area contributed by atoms with E-state index >= 15 is 0 Å². The lowest BCUT2D eigenvalue weighted by atomic mass is 9.65. The van der Waals surface area contributed by atoms with Crippen molar-refractivity contribution in [1.29, 1.82) is 0 Å². The van der Waals surface area contributed by atoms with Gasteiger partial charge in [-0.15, -0.1) is 10.2 Å². The molecular weight excluding hydrogens is 478 g/mol. The monoisotopic (exact) mass is 503 g/mol. The molecule has 0 aliphatic carbocycles. The second-order valence-electron chi connectivity index (χ2n) is 9.60. The molecule has 0 saturated heterocycles. The van der Waals surface area contributed by atoms with Crippen molar-refractivity contribution >= 4 is 35.0 Å². The van der Waals surface area contributed by atoms with Gasteiger partial charge < -0.3 is 9.32 Å². The summed E-state index contributed by atoms with van der Waals surface area (Å²) in [6, 6.07) is 25.8. The van der Waals surface area contributed by atoms with E-state index < -0.39 is 5.54 Å². The smallest absolute Gasteiger partial charge is 0.277 e. The second-order valence-corrected chi connectivity index (χ2v) is 11.0. The number of fused-ring (bicyclic) bond motifs is 1. The fraction of sp³-hybridized carbons (Fsp3) is 0.250. The van der Waals surface area contributed by atoms with Gasteiger partial charge in [0.25, 0.3) is 5.22 Å². The summed E-state index contributed by atoms with van der Waals surface area (Å²) in [6.07, 6.45) is 0.772. The van der Waals surface area contributed by atoms with Crippen molar-refractivity contribution in [2.24, 2.45) is 0 Å². The molecule has 0 saturated carbocycles. The standard InChI is InChI=1S/C28H26ClN3O2S/c1-27(2)18-28(3,20-13-15-21(29)16-14-20)22-11-7-8-12-23(22)32(27)24(33)17-35-26-31-30-25(34-26)19-9-5-4-6-10-19/h4-16H,17-18H2,1-3H3/t28-/m1/s1. The van der Waals surface area contributed by atoms with E-state index in [2.05, 4.69) is 49.2 Å². The molecule has 4 aromatic rings. The molecule has 3 aromatic carbocycles. The van der Waals surface area contributed by atoms with Gasteiger partial charge in [0, 0.05) is 27.2 Å². The van der Waals surface area contributed by atoms with Crippen LogP contribution < -0.4 is 4.90 Å². The fourth-order valence-electron chi connectivity index (χ4n) is 5.20. The average molecular weight is 504 g/mol. The number of hydrogen-bond acceptors (Lipinski definition) is 5. The van der Waals surface area contributed by atoms with Crippen LogP contribution in [0.15, 0.2) is 88.5 Å². The largest absolute Gasteiger partial charge is 0.411 e. The molecule has 2 heterocycles. The molecule has 5 nitrogen and oxygen atoms in total. The Labute approximate surface area is 214 Å². The van der Waals surface area contributed by atoms with Gasteiger partial charge in [0.05, 0.1) is 5.75 Å². The Morgan fingerprint density at radius 2 is 1.66 bits per heavy atom. The van der Waals surface area contributed by atoms with E-state index in [1.165, 1.54) is 17.3 Å². The molecule has 5 rings (SSSR count). The molecule has 0 radical (unpaired) electrons. The van der Waals surface area contributed by atoms with Crippen molar-refractivity contribution < 1.29 is 9.21 Å². The highest BCUT2D eigenvalue weighted by Gasteiger charge is 2.47. The Kier molecular flexibility index (Phi) is 6.20. The zero-order chi connectivity index (χ0) is 24.6. The van der Waals surface area contributed by atoms with Crippen molar-refractivity contribution in [1.82, 2.24) is 10.2 Å². The van der Waals surface area contributed by atoms with Crippen LogP contribution in [0.25, 0.3) is 11.5 Å². The predicted octanol–water partition coefficient (Wildman–Crippen LogP) is 7.00. The first-order chi connectivity index (χ1) is 16.8. The van der Waals surface area contributed by atoms with E-state index in [0.29, 0.717) is 16.1 Å². The van der Waals surface area contributed by atoms with Crippen LogP contribution in [0.3, 0.4) is 0 Å². The molecule has 1 aromatic heterocycles. The summed E-state index contributed by atoms with van der Waals surface area (Å²) in [4.78, 5) is 15.5. The Morgan fingerprint density at radius 3 is 2.40 bits per heavy atom. The zero-order valence-corrected chi connectivity index (χ0v) is 21.4. The van der Waals surface area contributed by atoms with E-state index in [4.69, 9.17) is 16.0 Å². The number of nitrogens with zero attached hydrogens (tertiary/aromatic N) is 3. The molecular formula is C28H26ClN3O2S. The van der Waals surface area contributed by atoms with Crippen LogP contribution in [0.1, 0.15) is 38.3 Å². The molecule has 0 bridgehead atoms. The number of anilines is 1. The molecule has 178 valence electrons. The maximum Gasteiger partial charge on any atom is 0.277 e. The summed E-state index contributed by atoms with van der Waals surface area (Å²) in [7, 11) is 0. The number of amides is 1. The number of halogens is 1. The number of carbonyl (C=O) groups is 1. The van der Waals surface area contributed by atoms with Crippen molar-refractivity contribution in [3.8, 4) is 11.5 Å². The van der Waals surface area contributed by atoms with Gasteiger partial charge >= 0.3 is 0 Å². The Morgan fingerprint density at radius 1 is 0.971 bits per heavy atom. The van der Waals surface area contributed by atoms with Crippen LogP contribution in [0.5, 0.6) is 0 Å². The molecule has 0 unspecified atom stereocenters. The van der Waals surface area contributed by atoms with Crippen LogP contribution in [0.4, 0.5) is 5.69 Å². The second kappa shape index (κ2) is 9.17. The molecule has 1 atom stereocenters. The van der Waals surface area contributed by atoms with E-state index in [1.54, 1.807) is 0 Å². The molecule has 1 aliphatic rings. The van der Waals surface area contributed by atoms with E-state index in [1.807, 2.05) is 65.6 Å². The van der Waals surface area contributed by atoms with Crippen molar-refractivity contribution in [3.05, 3.63) is 95.0 Å². The predicted molar refractivity (Wildman–Crippen MR) is 141 cm³/mol. The molecule has 0 fully saturated rings. The quantitative estimate of drug-likeness (QED) is 0.274. The number of thioether (sulfide) groups is 1. The van der Waals surface area contributed by atoms with Gasteiger partial charge in [-0.3, -0.25) is 4.79 Å². The number of aromatic nitrogens is 2. The fourth-order valence-corrected chi connectivity index (χ4v) is 5.94. The number of benzene rings is 3. The molecule has 35 heavy (non-hydrogen) atoms. The van der Waals surface area contributed by atoms with E-state index in [-0.39, 0.29) is 17.1 Å². The SMILES string of the molecule is CC1(C)C[C@](C)(c2ccc(Cl)cc2)c2ccccc2N1C(=O)CSc1nnc(-c2ccccc2)o1. The lowest BCUT2D eigenvalue weighted by molar-refractivity contribution is -0.117. The number of hydrogen-bond donors (Lipinski definition) is 0. The highest BCUT2D eigenvalue weighted by Crippen LogP contribution is 2.50. The molecule has 0 N–H and O–H groups in total. The number of para-hydroxylation sites is 1. The van der Waals surface area contributed by atoms with Gasteiger partial charge in [0.15, 0.2) is 0 Å². The van der Waals surface area contributed by atoms with Gasteiger partial charge in [-0.2, -0.15) is 0 Å². The normalized spacial score (nSPS) is 18.8. The number of rotatable bonds is 5.